The fourth-order valence-electron chi connectivity index (χ4n) is 4.22. The highest BCUT2D eigenvalue weighted by Gasteiger charge is 2.31. The lowest BCUT2D eigenvalue weighted by molar-refractivity contribution is -0.134. The summed E-state index contributed by atoms with van der Waals surface area (Å²) in [6, 6.07) is 13.6. The zero-order chi connectivity index (χ0) is 22.7. The summed E-state index contributed by atoms with van der Waals surface area (Å²) in [4.78, 5) is 28.5. The van der Waals surface area contributed by atoms with Crippen molar-refractivity contribution in [2.75, 3.05) is 18.5 Å². The highest BCUT2D eigenvalue weighted by Crippen LogP contribution is 2.32. The number of aromatic nitrogens is 3. The molecule has 1 saturated heterocycles. The van der Waals surface area contributed by atoms with Crippen molar-refractivity contribution in [3.05, 3.63) is 70.7 Å². The highest BCUT2D eigenvalue weighted by molar-refractivity contribution is 5.78. The number of para-hydroxylation sites is 1. The smallest absolute Gasteiger partial charge is 0.261 e. The van der Waals surface area contributed by atoms with Crippen molar-refractivity contribution < 1.29 is 9.53 Å². The van der Waals surface area contributed by atoms with E-state index < -0.39 is 0 Å². The summed E-state index contributed by atoms with van der Waals surface area (Å²) in [5, 5.41) is 3.19. The first kappa shape index (κ1) is 21.7. The summed E-state index contributed by atoms with van der Waals surface area (Å²) in [6.45, 7) is 8.59. The largest absolute Gasteiger partial charge is 0.483 e. The minimum atomic E-state index is -0.0639. The van der Waals surface area contributed by atoms with Crippen molar-refractivity contribution in [2.45, 2.75) is 46.6 Å². The minimum Gasteiger partial charge on any atom is -0.483 e. The van der Waals surface area contributed by atoms with Gasteiger partial charge in [-0.3, -0.25) is 4.79 Å². The van der Waals surface area contributed by atoms with Gasteiger partial charge in [0.2, 0.25) is 5.95 Å². The van der Waals surface area contributed by atoms with Gasteiger partial charge in [-0.1, -0.05) is 24.3 Å². The van der Waals surface area contributed by atoms with E-state index >= 15 is 0 Å². The number of carbonyl (C=O) groups is 1. The van der Waals surface area contributed by atoms with Gasteiger partial charge >= 0.3 is 0 Å². The van der Waals surface area contributed by atoms with Gasteiger partial charge in [-0.2, -0.15) is 0 Å². The Morgan fingerprint density at radius 3 is 2.44 bits per heavy atom. The summed E-state index contributed by atoms with van der Waals surface area (Å²) in [7, 11) is 0. The van der Waals surface area contributed by atoms with Crippen molar-refractivity contribution in [1.82, 2.24) is 19.9 Å². The molecule has 3 heterocycles. The van der Waals surface area contributed by atoms with Crippen LogP contribution in [0.4, 0.5) is 11.8 Å². The zero-order valence-electron chi connectivity index (χ0n) is 19.1. The number of anilines is 2. The molecule has 3 aromatic rings. The van der Waals surface area contributed by atoms with Crippen LogP contribution in [0.5, 0.6) is 5.75 Å². The summed E-state index contributed by atoms with van der Waals surface area (Å²) >= 11 is 0. The SMILES string of the molecule is Cc1cc(C)nc(Nc2cccc([C@H]3CCCN3C(=O)COc3c(C)cccc3C)n2)n1. The van der Waals surface area contributed by atoms with Crippen molar-refractivity contribution in [1.29, 1.82) is 0 Å². The van der Waals surface area contributed by atoms with Crippen LogP contribution < -0.4 is 10.1 Å². The third kappa shape index (κ3) is 4.88. The zero-order valence-corrected chi connectivity index (χ0v) is 19.1. The molecule has 1 aliphatic rings. The van der Waals surface area contributed by atoms with Crippen LogP contribution in [0.15, 0.2) is 42.5 Å². The number of pyridine rings is 1. The van der Waals surface area contributed by atoms with Crippen LogP contribution in [0.1, 0.15) is 47.1 Å². The van der Waals surface area contributed by atoms with E-state index in [1.807, 2.05) is 75.1 Å². The maximum Gasteiger partial charge on any atom is 0.261 e. The fourth-order valence-corrected chi connectivity index (χ4v) is 4.22. The molecule has 7 nitrogen and oxygen atoms in total. The second-order valence-corrected chi connectivity index (χ2v) is 8.30. The van der Waals surface area contributed by atoms with Gasteiger partial charge in [-0.25, -0.2) is 15.0 Å². The summed E-state index contributed by atoms with van der Waals surface area (Å²) in [6.07, 6.45) is 1.82. The van der Waals surface area contributed by atoms with Gasteiger partial charge in [0, 0.05) is 17.9 Å². The van der Waals surface area contributed by atoms with E-state index in [-0.39, 0.29) is 18.6 Å². The summed E-state index contributed by atoms with van der Waals surface area (Å²) in [5.41, 5.74) is 4.71. The average molecular weight is 432 g/mol. The molecule has 0 unspecified atom stereocenters. The van der Waals surface area contributed by atoms with E-state index in [0.717, 1.165) is 46.8 Å². The quantitative estimate of drug-likeness (QED) is 0.615. The third-order valence-corrected chi connectivity index (χ3v) is 5.66. The maximum atomic E-state index is 13.0. The first-order valence-corrected chi connectivity index (χ1v) is 11.0. The van der Waals surface area contributed by atoms with Gasteiger partial charge in [0.15, 0.2) is 6.61 Å². The number of nitrogens with zero attached hydrogens (tertiary/aromatic N) is 4. The molecule has 2 aromatic heterocycles. The summed E-state index contributed by atoms with van der Waals surface area (Å²) in [5.74, 6) is 1.95. The van der Waals surface area contributed by atoms with Crippen molar-refractivity contribution in [3.8, 4) is 5.75 Å². The van der Waals surface area contributed by atoms with Gasteiger partial charge in [-0.05, 0) is 69.9 Å². The van der Waals surface area contributed by atoms with Crippen LogP contribution in [0.3, 0.4) is 0 Å². The number of benzene rings is 1. The molecule has 1 amide bonds. The Bertz CT molecular complexity index is 1090. The fraction of sp³-hybridized carbons (Fsp3) is 0.360. The van der Waals surface area contributed by atoms with Crippen LogP contribution in [0, 0.1) is 27.7 Å². The van der Waals surface area contributed by atoms with Crippen LogP contribution in [-0.4, -0.2) is 38.9 Å². The molecule has 0 bridgehead atoms. The molecule has 1 aromatic carbocycles. The number of hydrogen-bond donors (Lipinski definition) is 1. The molecule has 1 aliphatic heterocycles. The molecule has 7 heteroatoms. The first-order chi connectivity index (χ1) is 15.4. The topological polar surface area (TPSA) is 80.2 Å². The standard InChI is InChI=1S/C25H29N5O2/c1-16-8-5-9-17(2)24(16)32-15-23(31)30-13-7-11-21(30)20-10-6-12-22(28-20)29-25-26-18(3)14-19(4)27-25/h5-6,8-10,12,14,21H,7,11,13,15H2,1-4H3,(H,26,27,28,29)/t21-/m1/s1. The second kappa shape index (κ2) is 9.34. The van der Waals surface area contributed by atoms with Crippen molar-refractivity contribution >= 4 is 17.7 Å². The summed E-state index contributed by atoms with van der Waals surface area (Å²) < 4.78 is 5.91. The van der Waals surface area contributed by atoms with E-state index in [2.05, 4.69) is 15.3 Å². The van der Waals surface area contributed by atoms with Crippen molar-refractivity contribution in [3.63, 3.8) is 0 Å². The monoisotopic (exact) mass is 431 g/mol. The van der Waals surface area contributed by atoms with Gasteiger partial charge < -0.3 is 15.0 Å². The molecule has 0 saturated carbocycles. The molecule has 0 aliphatic carbocycles. The number of nitrogens with one attached hydrogen (secondary N) is 1. The number of aryl methyl sites for hydroxylation is 4. The van der Waals surface area contributed by atoms with Crippen LogP contribution >= 0.6 is 0 Å². The average Bonchev–Trinajstić information content (AvgIpc) is 3.23. The van der Waals surface area contributed by atoms with Gasteiger partial charge in [0.25, 0.3) is 5.91 Å². The molecular formula is C25H29N5O2. The Labute approximate surface area is 188 Å². The molecule has 32 heavy (non-hydrogen) atoms. The molecule has 1 atom stereocenters. The number of carbonyl (C=O) groups excluding carboxylic acids is 1. The van der Waals surface area contributed by atoms with Crippen LogP contribution in [0.2, 0.25) is 0 Å². The molecule has 0 spiro atoms. The number of hydrogen-bond acceptors (Lipinski definition) is 6. The Morgan fingerprint density at radius 2 is 1.72 bits per heavy atom. The lowest BCUT2D eigenvalue weighted by atomic mass is 10.1. The van der Waals surface area contributed by atoms with Gasteiger partial charge in [0.1, 0.15) is 11.6 Å². The normalized spacial score (nSPS) is 15.6. The minimum absolute atomic E-state index is 0.0204. The molecule has 1 N–H and O–H groups in total. The van der Waals surface area contributed by atoms with E-state index in [1.165, 1.54) is 0 Å². The number of likely N-dealkylation sites (tertiary alicyclic amines) is 1. The Morgan fingerprint density at radius 1 is 1.03 bits per heavy atom. The first-order valence-electron chi connectivity index (χ1n) is 11.0. The Kier molecular flexibility index (Phi) is 6.35. The van der Waals surface area contributed by atoms with Crippen molar-refractivity contribution in [2.24, 2.45) is 0 Å². The van der Waals surface area contributed by atoms with Gasteiger partial charge in [0.05, 0.1) is 11.7 Å². The predicted octanol–water partition coefficient (Wildman–Crippen LogP) is 4.59. The molecule has 1 fully saturated rings. The van der Waals surface area contributed by atoms with E-state index in [4.69, 9.17) is 9.72 Å². The van der Waals surface area contributed by atoms with E-state index in [1.54, 1.807) is 0 Å². The third-order valence-electron chi connectivity index (χ3n) is 5.66. The molecule has 166 valence electrons. The lowest BCUT2D eigenvalue weighted by Gasteiger charge is -2.25. The molecule has 0 radical (unpaired) electrons. The molecular weight excluding hydrogens is 402 g/mol. The number of ether oxygens (including phenoxy) is 1. The van der Waals surface area contributed by atoms with Crippen LogP contribution in [0.25, 0.3) is 0 Å². The predicted molar refractivity (Wildman–Crippen MR) is 124 cm³/mol. The highest BCUT2D eigenvalue weighted by atomic mass is 16.5. The Balaban J connectivity index is 1.47. The number of rotatable bonds is 6. The number of amides is 1. The lowest BCUT2D eigenvalue weighted by Crippen LogP contribution is -2.35. The van der Waals surface area contributed by atoms with E-state index in [0.29, 0.717) is 18.3 Å². The molecule has 4 rings (SSSR count). The maximum absolute atomic E-state index is 13.0. The van der Waals surface area contributed by atoms with Gasteiger partial charge in [-0.15, -0.1) is 0 Å². The second-order valence-electron chi connectivity index (χ2n) is 8.30. The van der Waals surface area contributed by atoms with Crippen LogP contribution in [-0.2, 0) is 4.79 Å². The Hall–Kier alpha value is -3.48. The van der Waals surface area contributed by atoms with E-state index in [9.17, 15) is 4.79 Å².